The molecule has 2 bridgehead atoms. The number of methoxy groups -OCH3 is 1. The molecule has 11 nitrogen and oxygen atoms in total. The highest BCUT2D eigenvalue weighted by Gasteiger charge is 2.68. The van der Waals surface area contributed by atoms with Crippen molar-refractivity contribution in [2.75, 3.05) is 20.0 Å². The lowest BCUT2D eigenvalue weighted by molar-refractivity contribution is -0.199. The summed E-state index contributed by atoms with van der Waals surface area (Å²) in [7, 11) is 2.09. The van der Waals surface area contributed by atoms with Crippen molar-refractivity contribution >= 4 is 41.2 Å². The number of hydrogen-bond acceptors (Lipinski definition) is 11. The first kappa shape index (κ1) is 31.3. The summed E-state index contributed by atoms with van der Waals surface area (Å²) in [6.45, 7) is 12.1. The van der Waals surface area contributed by atoms with Crippen LogP contribution in [0.15, 0.2) is 28.7 Å². The Bertz CT molecular complexity index is 1420. The number of carbonyl (C=O) groups is 2. The molecule has 1 aromatic heterocycles. The molecule has 4 aliphatic rings. The third-order valence-electron chi connectivity index (χ3n) is 9.14. The van der Waals surface area contributed by atoms with Gasteiger partial charge in [0, 0.05) is 5.38 Å². The van der Waals surface area contributed by atoms with Crippen LogP contribution in [0.1, 0.15) is 76.0 Å². The minimum absolute atomic E-state index is 0.0278. The number of thiazole rings is 1. The molecule has 5 atom stereocenters. The van der Waals surface area contributed by atoms with Gasteiger partial charge in [-0.2, -0.15) is 0 Å². The van der Waals surface area contributed by atoms with Crippen molar-refractivity contribution in [3.8, 4) is 5.75 Å². The summed E-state index contributed by atoms with van der Waals surface area (Å²) < 4.78 is 24.7. The molecule has 3 saturated carbocycles. The number of rotatable bonds is 9. The zero-order valence-electron chi connectivity index (χ0n) is 26.1. The van der Waals surface area contributed by atoms with Crippen LogP contribution in [0, 0.1) is 17.3 Å². The van der Waals surface area contributed by atoms with E-state index in [0.717, 1.165) is 12.8 Å². The number of oxime groups is 1. The number of hydrogen-bond donors (Lipinski definition) is 2. The second-order valence-corrected chi connectivity index (χ2v) is 14.2. The first-order valence-electron chi connectivity index (χ1n) is 14.5. The first-order valence-corrected chi connectivity index (χ1v) is 15.4. The zero-order chi connectivity index (χ0) is 31.3. The van der Waals surface area contributed by atoms with Crippen molar-refractivity contribution in [3.05, 3.63) is 40.4 Å². The number of anilines is 1. The van der Waals surface area contributed by atoms with Crippen LogP contribution in [0.5, 0.6) is 5.75 Å². The summed E-state index contributed by atoms with van der Waals surface area (Å²) in [5, 5.41) is 8.96. The van der Waals surface area contributed by atoms with E-state index in [4.69, 9.17) is 29.4 Å². The number of carbonyl (C=O) groups excluding carboxylic acids is 2. The second-order valence-electron chi connectivity index (χ2n) is 13.3. The van der Waals surface area contributed by atoms with Crippen molar-refractivity contribution < 1.29 is 33.2 Å². The molecule has 6 rings (SSSR count). The Labute approximate surface area is 257 Å². The van der Waals surface area contributed by atoms with E-state index in [9.17, 15) is 9.59 Å². The number of para-hydroxylation sites is 1. The number of aromatic nitrogens is 1. The Morgan fingerprint density at radius 3 is 2.60 bits per heavy atom. The molecule has 0 spiro atoms. The Kier molecular flexibility index (Phi) is 8.29. The van der Waals surface area contributed by atoms with Crippen LogP contribution < -0.4 is 15.8 Å². The minimum atomic E-state index is -0.770. The molecule has 3 N–H and O–H groups in total. The van der Waals surface area contributed by atoms with Gasteiger partial charge in [0.2, 0.25) is 0 Å². The van der Waals surface area contributed by atoms with E-state index in [1.165, 1.54) is 25.6 Å². The van der Waals surface area contributed by atoms with Crippen LogP contribution >= 0.6 is 11.3 Å². The van der Waals surface area contributed by atoms with Crippen molar-refractivity contribution in [1.29, 1.82) is 0 Å². The van der Waals surface area contributed by atoms with Gasteiger partial charge in [-0.3, -0.25) is 4.79 Å². The molecular weight excluding hydrogens is 571 g/mol. The zero-order valence-corrected chi connectivity index (χ0v) is 26.9. The van der Waals surface area contributed by atoms with E-state index in [2.05, 4.69) is 36.2 Å². The maximum Gasteiger partial charge on any atom is 0.482 e. The van der Waals surface area contributed by atoms with Gasteiger partial charge < -0.3 is 34.7 Å². The van der Waals surface area contributed by atoms with Crippen LogP contribution in [0.3, 0.4) is 0 Å². The number of nitrogens with zero attached hydrogens (tertiary/aromatic N) is 2. The second kappa shape index (κ2) is 11.4. The molecule has 13 heteroatoms. The molecule has 232 valence electrons. The summed E-state index contributed by atoms with van der Waals surface area (Å²) in [6.07, 6.45) is 2.11. The normalized spacial score (nSPS) is 26.7. The van der Waals surface area contributed by atoms with Crippen molar-refractivity contribution in [1.82, 2.24) is 10.3 Å². The summed E-state index contributed by atoms with van der Waals surface area (Å²) in [5.41, 5.74) is 6.03. The average Bonchev–Trinajstić information content (AvgIpc) is 3.52. The van der Waals surface area contributed by atoms with Gasteiger partial charge in [-0.15, -0.1) is 11.3 Å². The van der Waals surface area contributed by atoms with Gasteiger partial charge in [0.25, 0.3) is 5.91 Å². The molecule has 2 heterocycles. The number of nitrogens with two attached hydrogens (primary N) is 1. The SMILES string of the molecule is CON=C(C(=O)N[C@@H](Cc1cccc(C(=O)OC(C)(C)C)c1OC)B1OC2CC3CC(C3(C)C)C2(C)O1)c1csc(N)n1. The molecule has 1 aromatic carbocycles. The van der Waals surface area contributed by atoms with Gasteiger partial charge >= 0.3 is 13.1 Å². The highest BCUT2D eigenvalue weighted by Crippen LogP contribution is 2.65. The first-order chi connectivity index (χ1) is 20.2. The molecule has 0 radical (unpaired) electrons. The fourth-order valence-corrected chi connectivity index (χ4v) is 7.48. The fourth-order valence-electron chi connectivity index (χ4n) is 6.93. The number of amides is 1. The summed E-state index contributed by atoms with van der Waals surface area (Å²) in [4.78, 5) is 36.0. The molecule has 1 amide bonds. The largest absolute Gasteiger partial charge is 0.496 e. The standard InChI is InChI=1S/C30H41BN4O7S/c1-28(2,3)40-26(37)18-11-9-10-16(24(18)38-7)12-22(34-25(36)23(35-39-8)19-15-43-27(32)33-19)31-41-21-14-17-13-20(29(17,4)5)30(21,6)42-31/h9-11,15,17,20-22H,12-14H2,1-8H3,(H2,32,33)(H,34,36)/t17?,20?,21?,22-,30?/m0/s1. The van der Waals surface area contributed by atoms with Crippen LogP contribution in [0.4, 0.5) is 5.13 Å². The van der Waals surface area contributed by atoms with Crippen LogP contribution in [-0.4, -0.2) is 67.2 Å². The van der Waals surface area contributed by atoms with E-state index in [1.54, 1.807) is 17.5 Å². The Morgan fingerprint density at radius 1 is 1.26 bits per heavy atom. The molecule has 43 heavy (non-hydrogen) atoms. The molecule has 4 unspecified atom stereocenters. The third kappa shape index (κ3) is 5.86. The monoisotopic (exact) mass is 612 g/mol. The van der Waals surface area contributed by atoms with E-state index < -0.39 is 36.1 Å². The van der Waals surface area contributed by atoms with E-state index in [-0.39, 0.29) is 29.2 Å². The summed E-state index contributed by atoms with van der Waals surface area (Å²) in [6, 6.07) is 5.27. The maximum atomic E-state index is 13.7. The average molecular weight is 613 g/mol. The van der Waals surface area contributed by atoms with Crippen LogP contribution in [0.2, 0.25) is 0 Å². The highest BCUT2D eigenvalue weighted by atomic mass is 32.1. The van der Waals surface area contributed by atoms with Crippen LogP contribution in [0.25, 0.3) is 0 Å². The van der Waals surface area contributed by atoms with E-state index in [0.29, 0.717) is 34.0 Å². The van der Waals surface area contributed by atoms with Gasteiger partial charge in [0.1, 0.15) is 29.7 Å². The highest BCUT2D eigenvalue weighted by molar-refractivity contribution is 7.13. The topological polar surface area (TPSA) is 144 Å². The van der Waals surface area contributed by atoms with Crippen molar-refractivity contribution in [2.24, 2.45) is 22.4 Å². The predicted molar refractivity (Wildman–Crippen MR) is 164 cm³/mol. The Balaban J connectivity index is 1.48. The van der Waals surface area contributed by atoms with Gasteiger partial charge in [-0.1, -0.05) is 31.1 Å². The Morgan fingerprint density at radius 2 is 2.00 bits per heavy atom. The lowest BCUT2D eigenvalue weighted by Gasteiger charge is -2.64. The number of esters is 1. The van der Waals surface area contributed by atoms with Gasteiger partial charge in [-0.25, -0.2) is 9.78 Å². The molecule has 2 aromatic rings. The van der Waals surface area contributed by atoms with Gasteiger partial charge in [-0.05, 0) is 75.8 Å². The van der Waals surface area contributed by atoms with E-state index in [1.807, 2.05) is 26.8 Å². The van der Waals surface area contributed by atoms with Gasteiger partial charge in [0.15, 0.2) is 10.8 Å². The number of benzene rings is 1. The smallest absolute Gasteiger partial charge is 0.482 e. The predicted octanol–water partition coefficient (Wildman–Crippen LogP) is 4.03. The fraction of sp³-hybridized carbons (Fsp3) is 0.600. The van der Waals surface area contributed by atoms with E-state index >= 15 is 0 Å². The lowest BCUT2D eigenvalue weighted by Crippen LogP contribution is -2.65. The number of nitrogen functional groups attached to an aromatic ring is 1. The van der Waals surface area contributed by atoms with Crippen LogP contribution in [-0.2, 0) is 30.1 Å². The maximum absolute atomic E-state index is 13.7. The molecular formula is C30H41BN4O7S. The minimum Gasteiger partial charge on any atom is -0.496 e. The molecule has 1 aliphatic heterocycles. The molecule has 1 saturated heterocycles. The summed E-state index contributed by atoms with van der Waals surface area (Å²) >= 11 is 1.19. The molecule has 4 fully saturated rings. The Hall–Kier alpha value is -3.16. The lowest BCUT2D eigenvalue weighted by atomic mass is 9.43. The molecule has 3 aliphatic carbocycles. The van der Waals surface area contributed by atoms with Crippen molar-refractivity contribution in [3.63, 3.8) is 0 Å². The van der Waals surface area contributed by atoms with Gasteiger partial charge in [0.05, 0.1) is 24.8 Å². The summed E-state index contributed by atoms with van der Waals surface area (Å²) in [5.74, 6) is -0.464. The number of ether oxygens (including phenoxy) is 2. The number of nitrogens with one attached hydrogen (secondary N) is 1. The van der Waals surface area contributed by atoms with Crippen molar-refractivity contribution in [2.45, 2.75) is 84.1 Å². The third-order valence-corrected chi connectivity index (χ3v) is 9.81. The quantitative estimate of drug-likeness (QED) is 0.186.